The number of rotatable bonds is 8. The summed E-state index contributed by atoms with van der Waals surface area (Å²) in [6.45, 7) is 11.1. The molecule has 0 unspecified atom stereocenters. The smallest absolute Gasteiger partial charge is 0.232 e. The summed E-state index contributed by atoms with van der Waals surface area (Å²) >= 11 is 0. The van der Waals surface area contributed by atoms with Crippen molar-refractivity contribution in [3.05, 3.63) is 72.6 Å². The van der Waals surface area contributed by atoms with E-state index in [0.29, 0.717) is 25.3 Å². The predicted octanol–water partition coefficient (Wildman–Crippen LogP) is 5.75. The number of pyridine rings is 1. The van der Waals surface area contributed by atoms with Crippen LogP contribution >= 0.6 is 0 Å². The number of amides is 1. The number of allylic oxidation sites excluding steroid dienone is 1. The number of hydrogen-bond donors (Lipinski definition) is 0. The summed E-state index contributed by atoms with van der Waals surface area (Å²) in [6.07, 6.45) is 8.06. The predicted molar refractivity (Wildman–Crippen MR) is 141 cm³/mol. The Hall–Kier alpha value is -2.99. The van der Waals surface area contributed by atoms with Gasteiger partial charge in [0, 0.05) is 18.8 Å². The van der Waals surface area contributed by atoms with Crippen LogP contribution in [0, 0.1) is 17.3 Å². The number of hydrogen-bond acceptors (Lipinski definition) is 5. The Morgan fingerprint density at radius 3 is 2.69 bits per heavy atom. The summed E-state index contributed by atoms with van der Waals surface area (Å²) in [7, 11) is 1.68. The number of benzene rings is 1. The van der Waals surface area contributed by atoms with Gasteiger partial charge in [-0.05, 0) is 66.3 Å². The molecule has 2 fully saturated rings. The number of methoxy groups -OCH3 is 1. The van der Waals surface area contributed by atoms with Crippen LogP contribution in [0.2, 0.25) is 0 Å². The van der Waals surface area contributed by atoms with Gasteiger partial charge in [0.25, 0.3) is 0 Å². The lowest BCUT2D eigenvalue weighted by atomic mass is 9.66. The lowest BCUT2D eigenvalue weighted by Gasteiger charge is -2.40. The van der Waals surface area contributed by atoms with E-state index < -0.39 is 11.1 Å². The van der Waals surface area contributed by atoms with Gasteiger partial charge >= 0.3 is 0 Å². The third kappa shape index (κ3) is 3.96. The molecule has 1 amide bonds. The summed E-state index contributed by atoms with van der Waals surface area (Å²) in [6, 6.07) is 12.2. The highest BCUT2D eigenvalue weighted by Gasteiger charge is 2.68. The second-order valence-corrected chi connectivity index (χ2v) is 11.0. The van der Waals surface area contributed by atoms with Gasteiger partial charge in [-0.1, -0.05) is 45.0 Å². The molecule has 0 radical (unpaired) electrons. The zero-order chi connectivity index (χ0) is 25.5. The van der Waals surface area contributed by atoms with E-state index in [1.165, 1.54) is 5.56 Å². The minimum absolute atomic E-state index is 0.0765. The summed E-state index contributed by atoms with van der Waals surface area (Å²) in [5.74, 6) is 1.62. The quantitative estimate of drug-likeness (QED) is 0.445. The monoisotopic (exact) mass is 487 g/mol. The normalized spacial score (nSPS) is 31.2. The molecule has 190 valence electrons. The van der Waals surface area contributed by atoms with Gasteiger partial charge < -0.3 is 14.4 Å². The van der Waals surface area contributed by atoms with E-state index in [9.17, 15) is 4.79 Å². The number of aliphatic imine (C=N–C) groups is 1. The van der Waals surface area contributed by atoms with Gasteiger partial charge in [0.1, 0.15) is 5.75 Å². The van der Waals surface area contributed by atoms with Crippen molar-refractivity contribution >= 4 is 11.6 Å². The Kier molecular flexibility index (Phi) is 6.50. The van der Waals surface area contributed by atoms with Crippen LogP contribution < -0.4 is 4.74 Å². The second kappa shape index (κ2) is 9.47. The fourth-order valence-electron chi connectivity index (χ4n) is 6.57. The van der Waals surface area contributed by atoms with Crippen molar-refractivity contribution in [1.82, 2.24) is 9.88 Å². The van der Waals surface area contributed by atoms with Gasteiger partial charge in [0.2, 0.25) is 5.91 Å². The largest absolute Gasteiger partial charge is 0.497 e. The second-order valence-electron chi connectivity index (χ2n) is 11.0. The van der Waals surface area contributed by atoms with Gasteiger partial charge in [0.05, 0.1) is 24.8 Å². The highest BCUT2D eigenvalue weighted by Crippen LogP contribution is 2.60. The first-order valence-electron chi connectivity index (χ1n) is 13.0. The molecule has 2 aliphatic heterocycles. The van der Waals surface area contributed by atoms with Crippen molar-refractivity contribution in [2.24, 2.45) is 22.2 Å². The van der Waals surface area contributed by atoms with Crippen LogP contribution in [0.15, 0.2) is 66.4 Å². The van der Waals surface area contributed by atoms with Crippen molar-refractivity contribution in [2.45, 2.75) is 70.9 Å². The molecule has 5 atom stereocenters. The lowest BCUT2D eigenvalue weighted by molar-refractivity contribution is -0.153. The lowest BCUT2D eigenvalue weighted by Crippen LogP contribution is -2.53. The van der Waals surface area contributed by atoms with Crippen molar-refractivity contribution in [3.63, 3.8) is 0 Å². The van der Waals surface area contributed by atoms with Gasteiger partial charge in [-0.25, -0.2) is 0 Å². The van der Waals surface area contributed by atoms with E-state index in [1.54, 1.807) is 13.3 Å². The number of carbonyl (C=O) groups is 1. The van der Waals surface area contributed by atoms with Crippen LogP contribution in [0.25, 0.3) is 0 Å². The minimum Gasteiger partial charge on any atom is -0.497 e. The first-order chi connectivity index (χ1) is 17.3. The topological polar surface area (TPSA) is 64.0 Å². The molecular formula is C30H37N3O3. The van der Waals surface area contributed by atoms with Crippen molar-refractivity contribution < 1.29 is 14.3 Å². The molecule has 6 nitrogen and oxygen atoms in total. The number of fused-ring (bicyclic) bond motifs is 1. The van der Waals surface area contributed by atoms with Gasteiger partial charge in [-0.15, -0.1) is 6.58 Å². The van der Waals surface area contributed by atoms with E-state index in [-0.39, 0.29) is 24.0 Å². The molecule has 1 spiro atoms. The minimum atomic E-state index is -0.828. The highest BCUT2D eigenvalue weighted by atomic mass is 16.6. The van der Waals surface area contributed by atoms with Crippen molar-refractivity contribution in [3.8, 4) is 5.75 Å². The Balaban J connectivity index is 1.63. The summed E-state index contributed by atoms with van der Waals surface area (Å²) in [5, 5.41) is 0. The Labute approximate surface area is 214 Å². The third-order valence-electron chi connectivity index (χ3n) is 8.42. The molecule has 1 aromatic carbocycles. The molecule has 1 aromatic heterocycles. The van der Waals surface area contributed by atoms with Crippen LogP contribution in [0.5, 0.6) is 5.75 Å². The van der Waals surface area contributed by atoms with Gasteiger partial charge in [-0.3, -0.25) is 14.8 Å². The molecule has 0 N–H and O–H groups in total. The molecule has 1 saturated heterocycles. The average Bonchev–Trinajstić information content (AvgIpc) is 3.28. The fraction of sp³-hybridized carbons (Fsp3) is 0.500. The number of ether oxygens (including phenoxy) is 2. The van der Waals surface area contributed by atoms with Crippen LogP contribution in [0.1, 0.15) is 63.5 Å². The molecular weight excluding hydrogens is 450 g/mol. The van der Waals surface area contributed by atoms with E-state index in [4.69, 9.17) is 14.5 Å². The Morgan fingerprint density at radius 1 is 1.28 bits per heavy atom. The van der Waals surface area contributed by atoms with E-state index in [0.717, 1.165) is 29.9 Å². The van der Waals surface area contributed by atoms with Crippen LogP contribution in [-0.2, 0) is 16.1 Å². The molecule has 36 heavy (non-hydrogen) atoms. The molecule has 5 rings (SSSR count). The molecule has 2 bridgehead atoms. The van der Waals surface area contributed by atoms with Crippen LogP contribution in [0.4, 0.5) is 0 Å². The summed E-state index contributed by atoms with van der Waals surface area (Å²) < 4.78 is 12.3. The maximum Gasteiger partial charge on any atom is 0.232 e. The summed E-state index contributed by atoms with van der Waals surface area (Å²) in [4.78, 5) is 25.9. The van der Waals surface area contributed by atoms with E-state index in [1.807, 2.05) is 41.4 Å². The van der Waals surface area contributed by atoms with Gasteiger partial charge in [-0.2, -0.15) is 0 Å². The van der Waals surface area contributed by atoms with Crippen LogP contribution in [0.3, 0.4) is 0 Å². The number of aromatic nitrogens is 1. The van der Waals surface area contributed by atoms with Crippen molar-refractivity contribution in [2.75, 3.05) is 7.11 Å². The maximum absolute atomic E-state index is 14.5. The first-order valence-corrected chi connectivity index (χ1v) is 13.0. The number of nitrogens with zero attached hydrogens (tertiary/aromatic N) is 3. The molecule has 3 aliphatic rings. The number of likely N-dealkylation sites (tertiary alicyclic amines) is 1. The highest BCUT2D eigenvalue weighted by molar-refractivity contribution is 6.02. The maximum atomic E-state index is 14.5. The van der Waals surface area contributed by atoms with Crippen molar-refractivity contribution in [1.29, 1.82) is 0 Å². The molecule has 2 aromatic rings. The third-order valence-corrected chi connectivity index (χ3v) is 8.42. The summed E-state index contributed by atoms with van der Waals surface area (Å²) in [5.41, 5.74) is 1.76. The van der Waals surface area contributed by atoms with Gasteiger partial charge in [0.15, 0.2) is 12.0 Å². The average molecular weight is 488 g/mol. The standard InChI is InChI=1S/C30H37N3O3/c1-6-13-29-19-30(33(28(29)34)18-22-8-7-14-31-17-22)26(32-27(36-30)15-20(2)3)16-25(21(29)4)23-9-11-24(35-5)12-10-23/h6-12,14,17,20-21,25,27H,1,13,15-16,18-19H2,2-5H3/t21-,25+,27-,29+,30+/m1/s1. The molecule has 1 aliphatic carbocycles. The SMILES string of the molecule is C=CC[C@]12C[C@@]3(O[C@H](CC(C)C)N=C3C[C@H](c3ccc(OC)cc3)[C@H]1C)N(Cc1cccnc1)C2=O. The fourth-order valence-corrected chi connectivity index (χ4v) is 6.57. The first kappa shape index (κ1) is 24.7. The number of carbonyl (C=O) groups excluding carboxylic acids is 1. The zero-order valence-corrected chi connectivity index (χ0v) is 21.8. The Bertz CT molecular complexity index is 1150. The van der Waals surface area contributed by atoms with E-state index in [2.05, 4.69) is 44.5 Å². The van der Waals surface area contributed by atoms with Crippen LogP contribution in [-0.4, -0.2) is 40.6 Å². The molecule has 3 heterocycles. The van der Waals surface area contributed by atoms with E-state index >= 15 is 0 Å². The molecule has 1 saturated carbocycles. The zero-order valence-electron chi connectivity index (χ0n) is 21.8. The molecule has 6 heteroatoms. The Morgan fingerprint density at radius 2 is 2.06 bits per heavy atom.